The molecule has 1 heterocycles. The van der Waals surface area contributed by atoms with Gasteiger partial charge in [0.1, 0.15) is 5.70 Å². The lowest BCUT2D eigenvalue weighted by molar-refractivity contribution is -0.137. The zero-order valence-electron chi connectivity index (χ0n) is 19.4. The van der Waals surface area contributed by atoms with E-state index >= 15 is 0 Å². The van der Waals surface area contributed by atoms with Crippen molar-refractivity contribution in [2.75, 3.05) is 32.7 Å². The van der Waals surface area contributed by atoms with Crippen molar-refractivity contribution in [3.05, 3.63) is 58.8 Å². The average Bonchev–Trinajstić information content (AvgIpc) is 2.99. The van der Waals surface area contributed by atoms with Gasteiger partial charge >= 0.3 is 0 Å². The first kappa shape index (κ1) is 23.3. The molecular weight excluding hydrogens is 408 g/mol. The Labute approximate surface area is 189 Å². The highest BCUT2D eigenvalue weighted by molar-refractivity contribution is 6.36. The Balaban J connectivity index is 2.05. The Morgan fingerprint density at radius 2 is 1.66 bits per heavy atom. The van der Waals surface area contributed by atoms with Crippen molar-refractivity contribution in [1.29, 1.82) is 0 Å². The fraction of sp³-hybridized carbons (Fsp3) is 0.360. The van der Waals surface area contributed by atoms with E-state index in [2.05, 4.69) is 5.32 Å². The molecule has 170 valence electrons. The van der Waals surface area contributed by atoms with Crippen LogP contribution in [0.5, 0.6) is 11.5 Å². The number of hydrogen-bond acceptors (Lipinski definition) is 6. The van der Waals surface area contributed by atoms with Gasteiger partial charge in [0.15, 0.2) is 11.5 Å². The van der Waals surface area contributed by atoms with E-state index in [0.29, 0.717) is 22.6 Å². The number of carbonyl (C=O) groups is 2. The Morgan fingerprint density at radius 1 is 0.938 bits per heavy atom. The predicted molar refractivity (Wildman–Crippen MR) is 124 cm³/mol. The maximum Gasteiger partial charge on any atom is 0.278 e. The third-order valence-electron chi connectivity index (χ3n) is 5.25. The van der Waals surface area contributed by atoms with Crippen molar-refractivity contribution in [1.82, 2.24) is 4.90 Å². The van der Waals surface area contributed by atoms with Crippen molar-refractivity contribution < 1.29 is 23.8 Å². The van der Waals surface area contributed by atoms with Gasteiger partial charge in [0.2, 0.25) is 0 Å². The number of hydrogen-bond donors (Lipinski definition) is 1. The second-order valence-corrected chi connectivity index (χ2v) is 7.94. The van der Waals surface area contributed by atoms with E-state index in [9.17, 15) is 9.59 Å². The molecular formula is C25H30N2O5. The van der Waals surface area contributed by atoms with E-state index in [0.717, 1.165) is 16.8 Å². The van der Waals surface area contributed by atoms with Crippen LogP contribution in [-0.2, 0) is 14.3 Å². The molecule has 0 radical (unpaired) electrons. The molecule has 32 heavy (non-hydrogen) atoms. The summed E-state index contributed by atoms with van der Waals surface area (Å²) in [6.45, 7) is 8.23. The predicted octanol–water partition coefficient (Wildman–Crippen LogP) is 3.94. The number of anilines is 1. The maximum atomic E-state index is 13.4. The van der Waals surface area contributed by atoms with Crippen LogP contribution in [0.3, 0.4) is 0 Å². The summed E-state index contributed by atoms with van der Waals surface area (Å²) in [5.41, 5.74) is 3.96. The van der Waals surface area contributed by atoms with Crippen LogP contribution in [-0.4, -0.2) is 50.2 Å². The minimum Gasteiger partial charge on any atom is -0.493 e. The van der Waals surface area contributed by atoms with Gasteiger partial charge in [0, 0.05) is 5.69 Å². The number of nitrogens with zero attached hydrogens (tertiary/aromatic N) is 1. The summed E-state index contributed by atoms with van der Waals surface area (Å²) in [6.07, 6.45) is 0.00823. The highest BCUT2D eigenvalue weighted by atomic mass is 16.5. The number of aryl methyl sites for hydroxylation is 2. The smallest absolute Gasteiger partial charge is 0.278 e. The Bertz CT molecular complexity index is 1060. The minimum atomic E-state index is -0.382. The molecule has 1 aliphatic heterocycles. The maximum absolute atomic E-state index is 13.4. The van der Waals surface area contributed by atoms with Gasteiger partial charge in [-0.1, -0.05) is 23.8 Å². The zero-order chi connectivity index (χ0) is 23.4. The summed E-state index contributed by atoms with van der Waals surface area (Å²) in [5.74, 6) is 0.263. The van der Waals surface area contributed by atoms with E-state index in [4.69, 9.17) is 14.2 Å². The molecule has 0 spiro atoms. The largest absolute Gasteiger partial charge is 0.493 e. The van der Waals surface area contributed by atoms with Gasteiger partial charge in [-0.05, 0) is 57.0 Å². The molecule has 2 aromatic carbocycles. The lowest BCUT2D eigenvalue weighted by Gasteiger charge is -2.17. The highest BCUT2D eigenvalue weighted by Crippen LogP contribution is 2.36. The van der Waals surface area contributed by atoms with Crippen LogP contribution in [0.2, 0.25) is 0 Å². The number of methoxy groups -OCH3 is 2. The second kappa shape index (κ2) is 9.87. The Morgan fingerprint density at radius 3 is 2.28 bits per heavy atom. The molecule has 0 saturated carbocycles. The van der Waals surface area contributed by atoms with Gasteiger partial charge in [-0.15, -0.1) is 0 Å². The number of rotatable bonds is 9. The number of benzene rings is 2. The summed E-state index contributed by atoms with van der Waals surface area (Å²) in [7, 11) is 3.08. The van der Waals surface area contributed by atoms with Crippen molar-refractivity contribution in [2.45, 2.75) is 33.8 Å². The summed E-state index contributed by atoms with van der Waals surface area (Å²) in [6, 6.07) is 11.1. The van der Waals surface area contributed by atoms with Crippen molar-refractivity contribution in [3.8, 4) is 11.5 Å². The zero-order valence-corrected chi connectivity index (χ0v) is 19.4. The normalized spacial score (nSPS) is 13.9. The van der Waals surface area contributed by atoms with Gasteiger partial charge in [0.05, 0.1) is 39.0 Å². The molecule has 0 aromatic heterocycles. The quantitative estimate of drug-likeness (QED) is 0.598. The molecule has 1 N–H and O–H groups in total. The first-order chi connectivity index (χ1) is 15.3. The lowest BCUT2D eigenvalue weighted by atomic mass is 10.0. The lowest BCUT2D eigenvalue weighted by Crippen LogP contribution is -2.35. The van der Waals surface area contributed by atoms with E-state index < -0.39 is 0 Å². The van der Waals surface area contributed by atoms with Crippen LogP contribution in [0.25, 0.3) is 5.57 Å². The Kier molecular flexibility index (Phi) is 7.20. The van der Waals surface area contributed by atoms with Crippen LogP contribution < -0.4 is 14.8 Å². The molecule has 2 amide bonds. The molecule has 1 aliphatic rings. The summed E-state index contributed by atoms with van der Waals surface area (Å²) >= 11 is 0. The molecule has 0 unspecified atom stereocenters. The molecule has 2 aromatic rings. The average molecular weight is 439 g/mol. The van der Waals surface area contributed by atoms with Gasteiger partial charge in [0.25, 0.3) is 11.8 Å². The van der Waals surface area contributed by atoms with Crippen LogP contribution >= 0.6 is 0 Å². The van der Waals surface area contributed by atoms with E-state index in [1.54, 1.807) is 25.3 Å². The monoisotopic (exact) mass is 438 g/mol. The van der Waals surface area contributed by atoms with Crippen molar-refractivity contribution in [2.24, 2.45) is 0 Å². The minimum absolute atomic E-state index is 0.00823. The van der Waals surface area contributed by atoms with E-state index in [-0.39, 0.29) is 36.8 Å². The summed E-state index contributed by atoms with van der Waals surface area (Å²) in [5, 5.41) is 3.22. The first-order valence-corrected chi connectivity index (χ1v) is 10.6. The third-order valence-corrected chi connectivity index (χ3v) is 5.25. The fourth-order valence-corrected chi connectivity index (χ4v) is 3.62. The molecule has 0 atom stereocenters. The molecule has 0 aliphatic carbocycles. The van der Waals surface area contributed by atoms with E-state index in [1.165, 1.54) is 12.0 Å². The van der Waals surface area contributed by atoms with Crippen LogP contribution in [0, 0.1) is 13.8 Å². The number of imide groups is 1. The van der Waals surface area contributed by atoms with Gasteiger partial charge in [-0.3, -0.25) is 14.5 Å². The molecule has 0 saturated heterocycles. The van der Waals surface area contributed by atoms with Crippen LogP contribution in [0.15, 0.2) is 42.1 Å². The number of ether oxygens (including phenoxy) is 3. The molecule has 0 fully saturated rings. The molecule has 7 nitrogen and oxygen atoms in total. The van der Waals surface area contributed by atoms with Crippen molar-refractivity contribution in [3.63, 3.8) is 0 Å². The van der Waals surface area contributed by atoms with Gasteiger partial charge < -0.3 is 19.5 Å². The standard InChI is InChI=1S/C25H30N2O5/c1-15(2)32-12-11-27-24(28)22(18-8-10-20(30-5)21(14-18)31-6)23(25(27)29)26-19-9-7-16(3)13-17(19)4/h7-10,13-15,26H,11-12H2,1-6H3. The molecule has 3 rings (SSSR count). The van der Waals surface area contributed by atoms with Crippen LogP contribution in [0.1, 0.15) is 30.5 Å². The fourth-order valence-electron chi connectivity index (χ4n) is 3.62. The van der Waals surface area contributed by atoms with Crippen LogP contribution in [0.4, 0.5) is 5.69 Å². The topological polar surface area (TPSA) is 77.1 Å². The first-order valence-electron chi connectivity index (χ1n) is 10.6. The highest BCUT2D eigenvalue weighted by Gasteiger charge is 2.39. The number of amides is 2. The SMILES string of the molecule is COc1ccc(C2=C(Nc3ccc(C)cc3C)C(=O)N(CCOC(C)C)C2=O)cc1OC. The summed E-state index contributed by atoms with van der Waals surface area (Å²) in [4.78, 5) is 27.9. The number of nitrogens with one attached hydrogen (secondary N) is 1. The van der Waals surface area contributed by atoms with E-state index in [1.807, 2.05) is 45.9 Å². The number of carbonyl (C=O) groups excluding carboxylic acids is 2. The second-order valence-electron chi connectivity index (χ2n) is 7.94. The molecule has 0 bridgehead atoms. The Hall–Kier alpha value is -3.32. The van der Waals surface area contributed by atoms with Crippen molar-refractivity contribution >= 4 is 23.1 Å². The van der Waals surface area contributed by atoms with Gasteiger partial charge in [-0.25, -0.2) is 0 Å². The molecule has 7 heteroatoms. The van der Waals surface area contributed by atoms with Gasteiger partial charge in [-0.2, -0.15) is 0 Å². The summed E-state index contributed by atoms with van der Waals surface area (Å²) < 4.78 is 16.3. The third kappa shape index (κ3) is 4.78.